The lowest BCUT2D eigenvalue weighted by Crippen LogP contribution is -2.23. The zero-order valence-corrected chi connectivity index (χ0v) is 15.6. The lowest BCUT2D eigenvalue weighted by Gasteiger charge is -2.16. The average Bonchev–Trinajstić information content (AvgIpc) is 3.16. The first-order chi connectivity index (χ1) is 13.6. The zero-order valence-electron chi connectivity index (χ0n) is 15.6. The van der Waals surface area contributed by atoms with E-state index in [2.05, 4.69) is 0 Å². The van der Waals surface area contributed by atoms with E-state index in [1.807, 2.05) is 12.1 Å². The zero-order chi connectivity index (χ0) is 19.9. The molecule has 6 heteroatoms. The fourth-order valence-corrected chi connectivity index (χ4v) is 3.03. The maximum atomic E-state index is 12.5. The minimum Gasteiger partial charge on any atom is -0.493 e. The number of anilines is 1. The summed E-state index contributed by atoms with van der Waals surface area (Å²) in [6.07, 6.45) is 4.56. The maximum Gasteiger partial charge on any atom is 0.227 e. The highest BCUT2D eigenvalue weighted by Gasteiger charge is 2.22. The maximum absolute atomic E-state index is 12.5. The summed E-state index contributed by atoms with van der Waals surface area (Å²) in [7, 11) is 1.51. The molecule has 1 saturated heterocycles. The van der Waals surface area contributed by atoms with Crippen LogP contribution in [0.25, 0.3) is 6.08 Å². The van der Waals surface area contributed by atoms with Crippen molar-refractivity contribution in [2.45, 2.75) is 12.8 Å². The van der Waals surface area contributed by atoms with Crippen LogP contribution in [0.2, 0.25) is 0 Å². The lowest BCUT2D eigenvalue weighted by atomic mass is 10.1. The Bertz CT molecular complexity index is 959. The molecule has 1 aliphatic rings. The lowest BCUT2D eigenvalue weighted by molar-refractivity contribution is -0.117. The summed E-state index contributed by atoms with van der Waals surface area (Å²) in [6, 6.07) is 14.2. The van der Waals surface area contributed by atoms with Gasteiger partial charge in [0.2, 0.25) is 5.91 Å². The molecule has 6 nitrogen and oxygen atoms in total. The number of ketones is 1. The van der Waals surface area contributed by atoms with Gasteiger partial charge in [-0.05, 0) is 42.3 Å². The van der Waals surface area contributed by atoms with Gasteiger partial charge < -0.3 is 14.4 Å². The van der Waals surface area contributed by atoms with Gasteiger partial charge in [-0.3, -0.25) is 9.59 Å². The van der Waals surface area contributed by atoms with Crippen LogP contribution in [-0.2, 0) is 4.79 Å². The second kappa shape index (κ2) is 8.87. The molecule has 0 radical (unpaired) electrons. The molecule has 1 fully saturated rings. The molecule has 0 atom stereocenters. The molecule has 3 rings (SSSR count). The summed E-state index contributed by atoms with van der Waals surface area (Å²) in [4.78, 5) is 26.2. The van der Waals surface area contributed by atoms with Gasteiger partial charge in [-0.15, -0.1) is 0 Å². The third kappa shape index (κ3) is 4.38. The molecule has 142 valence electrons. The van der Waals surface area contributed by atoms with E-state index in [4.69, 9.17) is 14.7 Å². The van der Waals surface area contributed by atoms with E-state index in [1.54, 1.807) is 47.4 Å². The first-order valence-corrected chi connectivity index (χ1v) is 8.93. The highest BCUT2D eigenvalue weighted by molar-refractivity contribution is 6.08. The molecule has 1 heterocycles. The molecule has 0 aliphatic carbocycles. The molecule has 2 aromatic rings. The summed E-state index contributed by atoms with van der Waals surface area (Å²) in [5, 5.41) is 8.62. The Morgan fingerprint density at radius 2 is 2.11 bits per heavy atom. The Labute approximate surface area is 163 Å². The van der Waals surface area contributed by atoms with E-state index < -0.39 is 0 Å². The van der Waals surface area contributed by atoms with E-state index in [9.17, 15) is 9.59 Å². The number of rotatable bonds is 7. The molecule has 0 unspecified atom stereocenters. The van der Waals surface area contributed by atoms with Gasteiger partial charge in [0.05, 0.1) is 7.11 Å². The molecule has 1 amide bonds. The summed E-state index contributed by atoms with van der Waals surface area (Å²) >= 11 is 0. The Balaban J connectivity index is 1.75. The number of benzene rings is 2. The molecule has 28 heavy (non-hydrogen) atoms. The van der Waals surface area contributed by atoms with Gasteiger partial charge in [-0.2, -0.15) is 5.26 Å². The van der Waals surface area contributed by atoms with E-state index >= 15 is 0 Å². The summed E-state index contributed by atoms with van der Waals surface area (Å²) < 4.78 is 10.6. The number of nitrogens with zero attached hydrogens (tertiary/aromatic N) is 2. The van der Waals surface area contributed by atoms with Crippen LogP contribution < -0.4 is 14.4 Å². The van der Waals surface area contributed by atoms with Gasteiger partial charge in [0.15, 0.2) is 23.9 Å². The molecule has 1 aliphatic heterocycles. The minimum atomic E-state index is -0.155. The Morgan fingerprint density at radius 1 is 1.25 bits per heavy atom. The number of hydrogen-bond acceptors (Lipinski definition) is 5. The first kappa shape index (κ1) is 19.2. The molecule has 0 aromatic heterocycles. The van der Waals surface area contributed by atoms with Crippen LogP contribution in [0.3, 0.4) is 0 Å². The normalized spacial score (nSPS) is 13.6. The smallest absolute Gasteiger partial charge is 0.227 e. The summed E-state index contributed by atoms with van der Waals surface area (Å²) in [5.74, 6) is 0.887. The van der Waals surface area contributed by atoms with Crippen LogP contribution in [0.1, 0.15) is 28.8 Å². The molecular weight excluding hydrogens is 356 g/mol. The van der Waals surface area contributed by atoms with Gasteiger partial charge in [0.1, 0.15) is 6.07 Å². The fourth-order valence-electron chi connectivity index (χ4n) is 3.03. The fraction of sp³-hybridized carbons (Fsp3) is 0.227. The average molecular weight is 376 g/mol. The number of carbonyl (C=O) groups is 2. The number of methoxy groups -OCH3 is 1. The van der Waals surface area contributed by atoms with Gasteiger partial charge in [-0.25, -0.2) is 0 Å². The van der Waals surface area contributed by atoms with Crippen LogP contribution in [-0.4, -0.2) is 32.0 Å². The van der Waals surface area contributed by atoms with Crippen molar-refractivity contribution in [1.82, 2.24) is 0 Å². The molecule has 0 bridgehead atoms. The van der Waals surface area contributed by atoms with Gasteiger partial charge in [-0.1, -0.05) is 24.3 Å². The van der Waals surface area contributed by atoms with E-state index in [-0.39, 0.29) is 18.3 Å². The molecule has 0 spiro atoms. The van der Waals surface area contributed by atoms with E-state index in [1.165, 1.54) is 13.2 Å². The van der Waals surface area contributed by atoms with Crippen molar-refractivity contribution in [1.29, 1.82) is 5.26 Å². The van der Waals surface area contributed by atoms with Crippen LogP contribution in [0.15, 0.2) is 48.5 Å². The Kier molecular flexibility index (Phi) is 6.07. The Morgan fingerprint density at radius 3 is 2.82 bits per heavy atom. The molecule has 0 N–H and O–H groups in total. The minimum absolute atomic E-state index is 0.0696. The van der Waals surface area contributed by atoms with E-state index in [0.29, 0.717) is 30.0 Å². The second-order valence-electron chi connectivity index (χ2n) is 6.25. The number of ether oxygens (including phenoxy) is 2. The summed E-state index contributed by atoms with van der Waals surface area (Å²) in [5.41, 5.74) is 2.04. The number of amides is 1. The van der Waals surface area contributed by atoms with Crippen molar-refractivity contribution in [3.05, 3.63) is 59.7 Å². The summed E-state index contributed by atoms with van der Waals surface area (Å²) in [6.45, 7) is 0.617. The first-order valence-electron chi connectivity index (χ1n) is 8.93. The van der Waals surface area contributed by atoms with Crippen LogP contribution in [0, 0.1) is 11.3 Å². The third-order valence-electron chi connectivity index (χ3n) is 4.42. The van der Waals surface area contributed by atoms with Crippen molar-refractivity contribution >= 4 is 23.5 Å². The largest absolute Gasteiger partial charge is 0.493 e. The van der Waals surface area contributed by atoms with Crippen LogP contribution >= 0.6 is 0 Å². The molecule has 0 saturated carbocycles. The van der Waals surface area contributed by atoms with Crippen molar-refractivity contribution < 1.29 is 19.1 Å². The van der Waals surface area contributed by atoms with Crippen molar-refractivity contribution in [2.24, 2.45) is 0 Å². The predicted octanol–water partition coefficient (Wildman–Crippen LogP) is 3.62. The van der Waals surface area contributed by atoms with Gasteiger partial charge >= 0.3 is 0 Å². The van der Waals surface area contributed by atoms with Gasteiger partial charge in [0, 0.05) is 24.2 Å². The number of hydrogen-bond donors (Lipinski definition) is 0. The standard InChI is InChI=1S/C22H20N2O4/c1-27-21-14-16(8-10-20(21)28-13-11-23)7-9-19(25)17-4-2-5-18(15-17)24-12-3-6-22(24)26/h2,4-5,7-10,14-15H,3,6,12-13H2,1H3/b9-7+. The highest BCUT2D eigenvalue weighted by atomic mass is 16.5. The highest BCUT2D eigenvalue weighted by Crippen LogP contribution is 2.28. The van der Waals surface area contributed by atoms with Crippen molar-refractivity contribution in [3.8, 4) is 17.6 Å². The van der Waals surface area contributed by atoms with Crippen LogP contribution in [0.5, 0.6) is 11.5 Å². The predicted molar refractivity (Wildman–Crippen MR) is 105 cm³/mol. The monoisotopic (exact) mass is 376 g/mol. The van der Waals surface area contributed by atoms with Crippen molar-refractivity contribution in [3.63, 3.8) is 0 Å². The number of carbonyl (C=O) groups excluding carboxylic acids is 2. The number of nitriles is 1. The quantitative estimate of drug-likeness (QED) is 0.545. The third-order valence-corrected chi connectivity index (χ3v) is 4.42. The molecular formula is C22H20N2O4. The topological polar surface area (TPSA) is 79.6 Å². The molecule has 2 aromatic carbocycles. The van der Waals surface area contributed by atoms with Crippen molar-refractivity contribution in [2.75, 3.05) is 25.2 Å². The number of allylic oxidation sites excluding steroid dienone is 1. The Hall–Kier alpha value is -3.59. The van der Waals surface area contributed by atoms with E-state index in [0.717, 1.165) is 17.7 Å². The second-order valence-corrected chi connectivity index (χ2v) is 6.25. The van der Waals surface area contributed by atoms with Crippen LogP contribution in [0.4, 0.5) is 5.69 Å². The van der Waals surface area contributed by atoms with Gasteiger partial charge in [0.25, 0.3) is 0 Å². The SMILES string of the molecule is COc1cc(/C=C/C(=O)c2cccc(N3CCCC3=O)c2)ccc1OCC#N.